The van der Waals surface area contributed by atoms with Crippen molar-refractivity contribution in [2.75, 3.05) is 5.32 Å². The van der Waals surface area contributed by atoms with Crippen LogP contribution in [0.25, 0.3) is 0 Å². The number of anilines is 1. The van der Waals surface area contributed by atoms with Crippen LogP contribution in [0, 0.1) is 11.8 Å². The molecule has 1 saturated heterocycles. The van der Waals surface area contributed by atoms with Crippen LogP contribution in [0.15, 0.2) is 24.3 Å². The van der Waals surface area contributed by atoms with E-state index >= 15 is 0 Å². The maximum Gasteiger partial charge on any atom is 0.573 e. The first kappa shape index (κ1) is 17.2. The van der Waals surface area contributed by atoms with E-state index in [9.17, 15) is 27.6 Å². The number of ketones is 1. The van der Waals surface area contributed by atoms with E-state index in [-0.39, 0.29) is 17.6 Å². The monoisotopic (exact) mass is 356 g/mol. The maximum absolute atomic E-state index is 12.4. The number of benzene rings is 1. The van der Waals surface area contributed by atoms with Crippen LogP contribution in [0.3, 0.4) is 0 Å². The molecule has 0 aromatic heterocycles. The molecule has 9 heteroatoms. The second-order valence-corrected chi connectivity index (χ2v) is 6.05. The largest absolute Gasteiger partial charge is 0.573 e. The Balaban J connectivity index is 1.67. The van der Waals surface area contributed by atoms with Crippen molar-refractivity contribution in [3.63, 3.8) is 0 Å². The fraction of sp³-hybridized carbons (Fsp3) is 0.438. The van der Waals surface area contributed by atoms with Gasteiger partial charge in [0.25, 0.3) is 0 Å². The number of Topliss-reactive ketones (excluding diaryl/α,β-unsaturated/α-hetero) is 1. The molecule has 3 rings (SSSR count). The van der Waals surface area contributed by atoms with Gasteiger partial charge in [0.05, 0.1) is 0 Å². The summed E-state index contributed by atoms with van der Waals surface area (Å²) in [6, 6.07) is 4.24. The minimum atomic E-state index is -4.81. The zero-order valence-electron chi connectivity index (χ0n) is 12.9. The van der Waals surface area contributed by atoms with Crippen LogP contribution in [0.2, 0.25) is 0 Å². The van der Waals surface area contributed by atoms with Crippen LogP contribution in [0.5, 0.6) is 5.75 Å². The van der Waals surface area contributed by atoms with Crippen molar-refractivity contribution in [2.24, 2.45) is 11.8 Å². The molecule has 134 valence electrons. The van der Waals surface area contributed by atoms with Gasteiger partial charge in [-0.25, -0.2) is 0 Å². The van der Waals surface area contributed by atoms with Crippen molar-refractivity contribution in [3.05, 3.63) is 24.3 Å². The molecule has 1 aromatic rings. The standard InChI is InChI=1S/C16H15F3N2O4/c17-16(18,19)25-9-6-4-8(5-7-9)20-14(23)12-13(22)10-2-1-3-11(10)21-15(12)24/h4-7,10-12H,1-3H2,(H,20,23)(H,21,24)/t10-,11+,12?/m1/s1. The molecule has 1 saturated carbocycles. The first-order chi connectivity index (χ1) is 11.7. The molecule has 1 aromatic carbocycles. The molecule has 1 unspecified atom stereocenters. The Kier molecular flexibility index (Phi) is 4.40. The Morgan fingerprint density at radius 3 is 2.48 bits per heavy atom. The minimum Gasteiger partial charge on any atom is -0.406 e. The van der Waals surface area contributed by atoms with Gasteiger partial charge in [-0.1, -0.05) is 6.42 Å². The summed E-state index contributed by atoms with van der Waals surface area (Å²) in [5.41, 5.74) is 0.161. The summed E-state index contributed by atoms with van der Waals surface area (Å²) in [4.78, 5) is 36.7. The van der Waals surface area contributed by atoms with E-state index in [4.69, 9.17) is 0 Å². The number of fused-ring (bicyclic) bond motifs is 1. The Labute approximate surface area is 140 Å². The van der Waals surface area contributed by atoms with Crippen molar-refractivity contribution < 1.29 is 32.3 Å². The van der Waals surface area contributed by atoms with Crippen LogP contribution in [0.4, 0.5) is 18.9 Å². The molecular formula is C16H15F3N2O4. The molecule has 0 radical (unpaired) electrons. The molecule has 25 heavy (non-hydrogen) atoms. The second kappa shape index (κ2) is 6.38. The van der Waals surface area contributed by atoms with Crippen LogP contribution in [0.1, 0.15) is 19.3 Å². The second-order valence-electron chi connectivity index (χ2n) is 6.05. The van der Waals surface area contributed by atoms with Crippen LogP contribution < -0.4 is 15.4 Å². The number of hydrogen-bond acceptors (Lipinski definition) is 4. The van der Waals surface area contributed by atoms with Gasteiger partial charge < -0.3 is 15.4 Å². The number of carbonyl (C=O) groups is 3. The highest BCUT2D eigenvalue weighted by Crippen LogP contribution is 2.32. The number of nitrogens with one attached hydrogen (secondary N) is 2. The summed E-state index contributed by atoms with van der Waals surface area (Å²) in [6.45, 7) is 0. The van der Waals surface area contributed by atoms with Gasteiger partial charge >= 0.3 is 6.36 Å². The molecular weight excluding hydrogens is 341 g/mol. The van der Waals surface area contributed by atoms with Crippen molar-refractivity contribution in [1.29, 1.82) is 0 Å². The maximum atomic E-state index is 12.4. The smallest absolute Gasteiger partial charge is 0.406 e. The molecule has 1 aliphatic carbocycles. The Morgan fingerprint density at radius 2 is 1.84 bits per heavy atom. The average Bonchev–Trinajstić information content (AvgIpc) is 2.96. The van der Waals surface area contributed by atoms with Crippen LogP contribution >= 0.6 is 0 Å². The highest BCUT2D eigenvalue weighted by Gasteiger charge is 2.48. The summed E-state index contributed by atoms with van der Waals surface area (Å²) in [5, 5.41) is 5.08. The average molecular weight is 356 g/mol. The molecule has 1 heterocycles. The number of rotatable bonds is 3. The lowest BCUT2D eigenvalue weighted by atomic mass is 9.84. The highest BCUT2D eigenvalue weighted by molar-refractivity contribution is 6.23. The van der Waals surface area contributed by atoms with E-state index in [1.54, 1.807) is 0 Å². The third-order valence-electron chi connectivity index (χ3n) is 4.37. The predicted octanol–water partition coefficient (Wildman–Crippen LogP) is 2.01. The lowest BCUT2D eigenvalue weighted by molar-refractivity contribution is -0.274. The van der Waals surface area contributed by atoms with E-state index < -0.39 is 35.6 Å². The summed E-state index contributed by atoms with van der Waals surface area (Å²) in [6.07, 6.45) is -2.64. The summed E-state index contributed by atoms with van der Waals surface area (Å²) >= 11 is 0. The van der Waals surface area contributed by atoms with Gasteiger partial charge in [0, 0.05) is 17.6 Å². The number of hydrogen-bond donors (Lipinski definition) is 2. The van der Waals surface area contributed by atoms with E-state index in [0.717, 1.165) is 25.0 Å². The first-order valence-electron chi connectivity index (χ1n) is 7.75. The number of ether oxygens (including phenoxy) is 1. The third kappa shape index (κ3) is 3.75. The third-order valence-corrected chi connectivity index (χ3v) is 4.37. The van der Waals surface area contributed by atoms with Gasteiger partial charge in [-0.2, -0.15) is 0 Å². The fourth-order valence-corrected chi connectivity index (χ4v) is 3.29. The molecule has 2 N–H and O–H groups in total. The van der Waals surface area contributed by atoms with Gasteiger partial charge in [-0.15, -0.1) is 13.2 Å². The molecule has 2 amide bonds. The normalized spacial score (nSPS) is 26.0. The van der Waals surface area contributed by atoms with Crippen LogP contribution in [-0.2, 0) is 14.4 Å². The van der Waals surface area contributed by atoms with E-state index in [1.807, 2.05) is 0 Å². The van der Waals surface area contributed by atoms with Gasteiger partial charge in [-0.05, 0) is 37.1 Å². The molecule has 0 spiro atoms. The summed E-state index contributed by atoms with van der Waals surface area (Å²) in [5.74, 6) is -4.06. The molecule has 2 aliphatic rings. The lowest BCUT2D eigenvalue weighted by Gasteiger charge is -2.30. The first-order valence-corrected chi connectivity index (χ1v) is 7.75. The van der Waals surface area contributed by atoms with Crippen LogP contribution in [-0.4, -0.2) is 30.0 Å². The van der Waals surface area contributed by atoms with Crippen molar-refractivity contribution in [3.8, 4) is 5.75 Å². The fourth-order valence-electron chi connectivity index (χ4n) is 3.29. The summed E-state index contributed by atoms with van der Waals surface area (Å²) in [7, 11) is 0. The Hall–Kier alpha value is -2.58. The molecule has 2 fully saturated rings. The van der Waals surface area contributed by atoms with Gasteiger partial charge in [-0.3, -0.25) is 14.4 Å². The number of amides is 2. The van der Waals surface area contributed by atoms with E-state index in [0.29, 0.717) is 6.42 Å². The Bertz CT molecular complexity index is 702. The van der Waals surface area contributed by atoms with Crippen molar-refractivity contribution in [2.45, 2.75) is 31.7 Å². The number of piperidine rings is 1. The zero-order chi connectivity index (χ0) is 18.2. The number of halogens is 3. The number of carbonyl (C=O) groups excluding carboxylic acids is 3. The van der Waals surface area contributed by atoms with E-state index in [2.05, 4.69) is 15.4 Å². The van der Waals surface area contributed by atoms with E-state index in [1.165, 1.54) is 12.1 Å². The SMILES string of the molecule is O=C(Nc1ccc(OC(F)(F)F)cc1)C1C(=O)N[C@H]2CCC[C@H]2C1=O. The van der Waals surface area contributed by atoms with Gasteiger partial charge in [0.2, 0.25) is 11.8 Å². The number of alkyl halides is 3. The minimum absolute atomic E-state index is 0.161. The van der Waals surface area contributed by atoms with Crippen molar-refractivity contribution in [1.82, 2.24) is 5.32 Å². The molecule has 0 bridgehead atoms. The molecule has 6 nitrogen and oxygen atoms in total. The van der Waals surface area contributed by atoms with Gasteiger partial charge in [0.1, 0.15) is 5.75 Å². The summed E-state index contributed by atoms with van der Waals surface area (Å²) < 4.78 is 40.1. The highest BCUT2D eigenvalue weighted by atomic mass is 19.4. The molecule has 1 aliphatic heterocycles. The molecule has 3 atom stereocenters. The topological polar surface area (TPSA) is 84.5 Å². The van der Waals surface area contributed by atoms with Crippen molar-refractivity contribution >= 4 is 23.3 Å². The Morgan fingerprint density at radius 1 is 1.16 bits per heavy atom. The predicted molar refractivity (Wildman–Crippen MR) is 79.5 cm³/mol. The zero-order valence-corrected chi connectivity index (χ0v) is 12.9. The van der Waals surface area contributed by atoms with Gasteiger partial charge in [0.15, 0.2) is 11.7 Å². The lowest BCUT2D eigenvalue weighted by Crippen LogP contribution is -2.56. The quantitative estimate of drug-likeness (QED) is 0.812.